The molecule has 0 radical (unpaired) electrons. The second-order valence-corrected chi connectivity index (χ2v) is 8.51. The topological polar surface area (TPSA) is 131 Å². The van der Waals surface area contributed by atoms with Crippen LogP contribution >= 0.6 is 0 Å². The van der Waals surface area contributed by atoms with E-state index in [-0.39, 0.29) is 17.3 Å². The molecule has 1 aromatic heterocycles. The van der Waals surface area contributed by atoms with Crippen molar-refractivity contribution in [3.05, 3.63) is 22.6 Å². The number of morpholine rings is 1. The van der Waals surface area contributed by atoms with Gasteiger partial charge in [-0.05, 0) is 31.7 Å². The number of fused-ring (bicyclic) bond motifs is 1. The average molecular weight is 405 g/mol. The number of nitrogens with two attached hydrogens (primary N) is 2. The maximum absolute atomic E-state index is 12.7. The molecule has 3 rings (SSSR count). The summed E-state index contributed by atoms with van der Waals surface area (Å²) < 4.78 is 11.3. The van der Waals surface area contributed by atoms with E-state index in [4.69, 9.17) is 20.6 Å². The van der Waals surface area contributed by atoms with Crippen molar-refractivity contribution in [2.45, 2.75) is 40.0 Å². The number of furan rings is 1. The van der Waals surface area contributed by atoms with Gasteiger partial charge in [0.1, 0.15) is 5.76 Å². The highest BCUT2D eigenvalue weighted by atomic mass is 16.5. The van der Waals surface area contributed by atoms with Crippen LogP contribution in [0.4, 0.5) is 0 Å². The standard InChI is InChI=1S/C20H32N6O3/c1-13-16-14(24-25-19(21)22)11-20(2,3)12-15(16)29-17(13)18(27)23-5-4-6-26-7-9-28-10-8-26/h4-12H2,1-3H3,(H,23,27)(H4,21,22,25)/b24-14-. The first kappa shape index (κ1) is 21.3. The first-order valence-electron chi connectivity index (χ1n) is 10.1. The first-order valence-corrected chi connectivity index (χ1v) is 10.1. The van der Waals surface area contributed by atoms with E-state index >= 15 is 0 Å². The molecule has 160 valence electrons. The number of nitrogens with zero attached hydrogens (tertiary/aromatic N) is 3. The molecule has 5 N–H and O–H groups in total. The Morgan fingerprint density at radius 1 is 1.24 bits per heavy atom. The van der Waals surface area contributed by atoms with Gasteiger partial charge in [0.25, 0.3) is 5.91 Å². The number of carbonyl (C=O) groups excluding carboxylic acids is 1. The summed E-state index contributed by atoms with van der Waals surface area (Å²) in [5, 5.41) is 11.0. The van der Waals surface area contributed by atoms with E-state index in [0.29, 0.717) is 18.7 Å². The number of nitrogens with one attached hydrogen (secondary N) is 1. The lowest BCUT2D eigenvalue weighted by Gasteiger charge is -2.29. The molecule has 0 atom stereocenters. The van der Waals surface area contributed by atoms with Crippen molar-refractivity contribution >= 4 is 17.6 Å². The molecule has 9 heteroatoms. The van der Waals surface area contributed by atoms with Crippen LogP contribution in [0.15, 0.2) is 14.6 Å². The molecule has 2 heterocycles. The van der Waals surface area contributed by atoms with Gasteiger partial charge in [0.05, 0.1) is 18.9 Å². The molecule has 29 heavy (non-hydrogen) atoms. The van der Waals surface area contributed by atoms with Gasteiger partial charge in [-0.25, -0.2) is 0 Å². The van der Waals surface area contributed by atoms with Crippen LogP contribution in [0.1, 0.15) is 54.1 Å². The van der Waals surface area contributed by atoms with Crippen molar-refractivity contribution in [2.75, 3.05) is 39.4 Å². The maximum Gasteiger partial charge on any atom is 0.287 e. The Hall–Kier alpha value is -2.39. The second kappa shape index (κ2) is 8.96. The minimum atomic E-state index is -0.196. The summed E-state index contributed by atoms with van der Waals surface area (Å²) in [5.74, 6) is 0.818. The average Bonchev–Trinajstić information content (AvgIpc) is 2.99. The summed E-state index contributed by atoms with van der Waals surface area (Å²) >= 11 is 0. The summed E-state index contributed by atoms with van der Waals surface area (Å²) in [5.41, 5.74) is 13.2. The Kier molecular flexibility index (Phi) is 6.59. The van der Waals surface area contributed by atoms with E-state index < -0.39 is 0 Å². The Labute approximate surface area is 171 Å². The molecule has 0 bridgehead atoms. The molecular weight excluding hydrogens is 372 g/mol. The summed E-state index contributed by atoms with van der Waals surface area (Å²) in [6.07, 6.45) is 2.32. The van der Waals surface area contributed by atoms with Crippen LogP contribution in [-0.2, 0) is 11.2 Å². The predicted octanol–water partition coefficient (Wildman–Crippen LogP) is 0.990. The van der Waals surface area contributed by atoms with Crippen molar-refractivity contribution in [3.8, 4) is 0 Å². The minimum absolute atomic E-state index is 0.0547. The SMILES string of the molecule is Cc1c(C(=O)NCCCN2CCOCC2)oc2c1/C(=N\N=C(N)N)CC(C)(C)C2. The normalized spacial score (nSPS) is 20.3. The molecule has 0 spiro atoms. The van der Waals surface area contributed by atoms with Gasteiger partial charge in [0.15, 0.2) is 5.76 Å². The van der Waals surface area contributed by atoms with Gasteiger partial charge >= 0.3 is 0 Å². The molecule has 1 aromatic rings. The van der Waals surface area contributed by atoms with Crippen LogP contribution in [-0.4, -0.2) is 61.9 Å². The lowest BCUT2D eigenvalue weighted by atomic mass is 9.75. The fourth-order valence-electron chi connectivity index (χ4n) is 3.94. The molecule has 1 aliphatic heterocycles. The number of ether oxygens (including phenoxy) is 1. The molecular formula is C20H32N6O3. The number of hydrogen-bond donors (Lipinski definition) is 3. The Balaban J connectivity index is 1.68. The minimum Gasteiger partial charge on any atom is -0.455 e. The van der Waals surface area contributed by atoms with Crippen molar-refractivity contribution in [1.82, 2.24) is 10.2 Å². The van der Waals surface area contributed by atoms with E-state index in [1.54, 1.807) is 0 Å². The van der Waals surface area contributed by atoms with E-state index in [9.17, 15) is 4.79 Å². The van der Waals surface area contributed by atoms with Crippen LogP contribution in [0.2, 0.25) is 0 Å². The van der Waals surface area contributed by atoms with E-state index in [1.165, 1.54) is 0 Å². The highest BCUT2D eigenvalue weighted by Gasteiger charge is 2.36. The van der Waals surface area contributed by atoms with E-state index in [2.05, 4.69) is 34.3 Å². The van der Waals surface area contributed by atoms with Crippen molar-refractivity contribution in [3.63, 3.8) is 0 Å². The van der Waals surface area contributed by atoms with Gasteiger partial charge in [-0.15, -0.1) is 5.10 Å². The van der Waals surface area contributed by atoms with E-state index in [1.807, 2.05) is 6.92 Å². The van der Waals surface area contributed by atoms with Crippen molar-refractivity contribution < 1.29 is 13.9 Å². The molecule has 1 aliphatic carbocycles. The van der Waals surface area contributed by atoms with Gasteiger partial charge < -0.3 is 25.9 Å². The van der Waals surface area contributed by atoms with Gasteiger partial charge in [-0.1, -0.05) is 13.8 Å². The summed E-state index contributed by atoms with van der Waals surface area (Å²) in [6.45, 7) is 11.1. The zero-order valence-corrected chi connectivity index (χ0v) is 17.6. The fraction of sp³-hybridized carbons (Fsp3) is 0.650. The van der Waals surface area contributed by atoms with Crippen LogP contribution in [0.3, 0.4) is 0 Å². The van der Waals surface area contributed by atoms with Crippen LogP contribution in [0.25, 0.3) is 0 Å². The largest absolute Gasteiger partial charge is 0.455 e. The maximum atomic E-state index is 12.7. The molecule has 2 aliphatic rings. The van der Waals surface area contributed by atoms with Gasteiger partial charge in [-0.2, -0.15) is 5.10 Å². The molecule has 1 fully saturated rings. The van der Waals surface area contributed by atoms with E-state index in [0.717, 1.165) is 68.3 Å². The van der Waals surface area contributed by atoms with Gasteiger partial charge in [0.2, 0.25) is 5.96 Å². The molecule has 0 unspecified atom stereocenters. The summed E-state index contributed by atoms with van der Waals surface area (Å²) in [4.78, 5) is 15.1. The summed E-state index contributed by atoms with van der Waals surface area (Å²) in [7, 11) is 0. The second-order valence-electron chi connectivity index (χ2n) is 8.51. The number of amides is 1. The smallest absolute Gasteiger partial charge is 0.287 e. The molecule has 0 saturated carbocycles. The predicted molar refractivity (Wildman–Crippen MR) is 112 cm³/mol. The van der Waals surface area contributed by atoms with Gasteiger partial charge in [-0.3, -0.25) is 9.69 Å². The molecule has 9 nitrogen and oxygen atoms in total. The zero-order chi connectivity index (χ0) is 21.0. The van der Waals surface area contributed by atoms with Crippen molar-refractivity contribution in [1.29, 1.82) is 0 Å². The first-order chi connectivity index (χ1) is 13.8. The molecule has 0 aromatic carbocycles. The fourth-order valence-corrected chi connectivity index (χ4v) is 3.94. The van der Waals surface area contributed by atoms with Crippen LogP contribution in [0, 0.1) is 12.3 Å². The lowest BCUT2D eigenvalue weighted by Crippen LogP contribution is -2.38. The van der Waals surface area contributed by atoms with Crippen LogP contribution in [0.5, 0.6) is 0 Å². The number of carbonyl (C=O) groups is 1. The highest BCUT2D eigenvalue weighted by Crippen LogP contribution is 2.38. The Bertz CT molecular complexity index is 801. The Morgan fingerprint density at radius 2 is 1.97 bits per heavy atom. The summed E-state index contributed by atoms with van der Waals surface area (Å²) in [6, 6.07) is 0. The third-order valence-corrected chi connectivity index (χ3v) is 5.33. The highest BCUT2D eigenvalue weighted by molar-refractivity contribution is 6.07. The number of rotatable bonds is 6. The third kappa shape index (κ3) is 5.36. The van der Waals surface area contributed by atoms with Crippen LogP contribution < -0.4 is 16.8 Å². The monoisotopic (exact) mass is 404 g/mol. The quantitative estimate of drug-likeness (QED) is 0.280. The zero-order valence-electron chi connectivity index (χ0n) is 17.6. The Morgan fingerprint density at radius 3 is 2.66 bits per heavy atom. The van der Waals surface area contributed by atoms with Gasteiger partial charge in [0, 0.05) is 37.2 Å². The number of guanidine groups is 1. The molecule has 1 saturated heterocycles. The van der Waals surface area contributed by atoms with Crippen molar-refractivity contribution in [2.24, 2.45) is 27.1 Å². The molecule has 1 amide bonds. The number of hydrogen-bond acceptors (Lipinski definition) is 6. The lowest BCUT2D eigenvalue weighted by molar-refractivity contribution is 0.0374. The third-order valence-electron chi connectivity index (χ3n) is 5.33.